The second-order valence-corrected chi connectivity index (χ2v) is 9.35. The molecule has 2 aromatic rings. The average molecular weight is 335 g/mol. The molecule has 7 rings (SSSR count). The molecule has 5 heterocycles. The number of benzene rings is 1. The van der Waals surface area contributed by atoms with Crippen LogP contribution in [0, 0.1) is 5.92 Å². The number of piperazine rings is 1. The van der Waals surface area contributed by atoms with Gasteiger partial charge in [0.05, 0.1) is 5.54 Å². The van der Waals surface area contributed by atoms with Crippen LogP contribution in [-0.4, -0.2) is 40.0 Å². The number of amides is 1. The number of H-pyrrole nitrogens is 1. The molecule has 4 heteroatoms. The highest BCUT2D eigenvalue weighted by molar-refractivity contribution is 5.91. The summed E-state index contributed by atoms with van der Waals surface area (Å²) in [7, 11) is 0. The van der Waals surface area contributed by atoms with Gasteiger partial charge in [0.1, 0.15) is 5.54 Å². The summed E-state index contributed by atoms with van der Waals surface area (Å²) in [5.41, 5.74) is 3.76. The molecule has 1 aliphatic carbocycles. The van der Waals surface area contributed by atoms with Crippen LogP contribution in [0.5, 0.6) is 0 Å². The highest BCUT2D eigenvalue weighted by Crippen LogP contribution is 2.58. The van der Waals surface area contributed by atoms with Crippen molar-refractivity contribution in [1.29, 1.82) is 0 Å². The number of nitrogens with one attached hydrogen (secondary N) is 2. The first-order valence-electron chi connectivity index (χ1n) is 9.64. The number of piperidine rings is 2. The first-order chi connectivity index (χ1) is 12.0. The Balaban J connectivity index is 1.60. The van der Waals surface area contributed by atoms with Crippen molar-refractivity contribution in [2.75, 3.05) is 13.1 Å². The smallest absolute Gasteiger partial charge is 0.241 e. The number of aromatic nitrogens is 1. The molecule has 4 fully saturated rings. The van der Waals surface area contributed by atoms with E-state index in [-0.39, 0.29) is 16.5 Å². The minimum Gasteiger partial charge on any atom is -0.358 e. The Morgan fingerprint density at radius 1 is 1.24 bits per heavy atom. The topological polar surface area (TPSA) is 48.1 Å². The molecule has 1 aromatic carbocycles. The molecular weight excluding hydrogens is 310 g/mol. The van der Waals surface area contributed by atoms with Gasteiger partial charge in [-0.1, -0.05) is 32.0 Å². The molecule has 1 amide bonds. The van der Waals surface area contributed by atoms with Crippen LogP contribution in [-0.2, 0) is 16.6 Å². The van der Waals surface area contributed by atoms with Gasteiger partial charge in [0.15, 0.2) is 0 Å². The normalized spacial score (nSPS) is 38.3. The summed E-state index contributed by atoms with van der Waals surface area (Å²) in [6, 6.07) is 8.63. The summed E-state index contributed by atoms with van der Waals surface area (Å²) in [5, 5.41) is 4.88. The molecule has 4 nitrogen and oxygen atoms in total. The SMILES string of the molecule is CC1(C)c2[nH]c3ccccc3c2C[C@@]23CN4CCC[C@]4(C[C@H]12)C(=O)N3. The number of nitrogens with zero attached hydrogens (tertiary/aromatic N) is 1. The van der Waals surface area contributed by atoms with Crippen LogP contribution in [0.4, 0.5) is 0 Å². The van der Waals surface area contributed by atoms with E-state index in [0.29, 0.717) is 11.8 Å². The lowest BCUT2D eigenvalue weighted by Crippen LogP contribution is -2.82. The molecule has 1 aromatic heterocycles. The zero-order valence-electron chi connectivity index (χ0n) is 15.0. The van der Waals surface area contributed by atoms with Gasteiger partial charge in [0.25, 0.3) is 0 Å². The average Bonchev–Trinajstić information content (AvgIpc) is 3.16. The van der Waals surface area contributed by atoms with Gasteiger partial charge in [-0.2, -0.15) is 0 Å². The summed E-state index contributed by atoms with van der Waals surface area (Å²) in [6.45, 7) is 6.87. The van der Waals surface area contributed by atoms with Crippen molar-refractivity contribution in [1.82, 2.24) is 15.2 Å². The summed E-state index contributed by atoms with van der Waals surface area (Å²) < 4.78 is 0. The van der Waals surface area contributed by atoms with Crippen LogP contribution in [0.3, 0.4) is 0 Å². The third kappa shape index (κ3) is 1.48. The van der Waals surface area contributed by atoms with E-state index < -0.39 is 0 Å². The van der Waals surface area contributed by atoms with E-state index in [9.17, 15) is 4.79 Å². The number of fused-ring (bicyclic) bond motifs is 4. The number of carbonyl (C=O) groups excluding carboxylic acids is 1. The lowest BCUT2D eigenvalue weighted by molar-refractivity contribution is -0.160. The second-order valence-electron chi connectivity index (χ2n) is 9.35. The Morgan fingerprint density at radius 3 is 2.96 bits per heavy atom. The van der Waals surface area contributed by atoms with Crippen molar-refractivity contribution < 1.29 is 4.79 Å². The molecule has 2 N–H and O–H groups in total. The van der Waals surface area contributed by atoms with E-state index in [4.69, 9.17) is 0 Å². The molecule has 25 heavy (non-hydrogen) atoms. The molecule has 4 saturated heterocycles. The highest BCUT2D eigenvalue weighted by atomic mass is 16.2. The van der Waals surface area contributed by atoms with Gasteiger partial charge >= 0.3 is 0 Å². The maximum atomic E-state index is 13.1. The van der Waals surface area contributed by atoms with E-state index >= 15 is 0 Å². The summed E-state index contributed by atoms with van der Waals surface area (Å²) >= 11 is 0. The Hall–Kier alpha value is -1.81. The van der Waals surface area contributed by atoms with Crippen molar-refractivity contribution >= 4 is 16.8 Å². The Labute approximate surface area is 148 Å². The molecule has 3 atom stereocenters. The maximum Gasteiger partial charge on any atom is 0.241 e. The summed E-state index contributed by atoms with van der Waals surface area (Å²) in [4.78, 5) is 19.3. The zero-order chi connectivity index (χ0) is 17.0. The molecule has 0 radical (unpaired) electrons. The lowest BCUT2D eigenvalue weighted by atomic mass is 9.51. The Kier molecular flexibility index (Phi) is 2.37. The van der Waals surface area contributed by atoms with Crippen LogP contribution >= 0.6 is 0 Å². The lowest BCUT2D eigenvalue weighted by Gasteiger charge is -2.65. The maximum absolute atomic E-state index is 13.1. The van der Waals surface area contributed by atoms with E-state index in [1.807, 2.05) is 0 Å². The number of hydrogen-bond acceptors (Lipinski definition) is 2. The fourth-order valence-corrected chi connectivity index (χ4v) is 6.79. The van der Waals surface area contributed by atoms with Gasteiger partial charge in [-0.15, -0.1) is 0 Å². The molecule has 4 aliphatic heterocycles. The molecular formula is C21H25N3O. The molecule has 0 saturated carbocycles. The number of carbonyl (C=O) groups is 1. The van der Waals surface area contributed by atoms with Crippen LogP contribution < -0.4 is 5.32 Å². The summed E-state index contributed by atoms with van der Waals surface area (Å²) in [6.07, 6.45) is 4.16. The summed E-state index contributed by atoms with van der Waals surface area (Å²) in [5.74, 6) is 0.791. The van der Waals surface area contributed by atoms with Gasteiger partial charge in [-0.05, 0) is 49.8 Å². The minimum atomic E-state index is -0.229. The van der Waals surface area contributed by atoms with Gasteiger partial charge in [-0.3, -0.25) is 9.69 Å². The molecule has 130 valence electrons. The van der Waals surface area contributed by atoms with E-state index in [1.165, 1.54) is 22.2 Å². The second kappa shape index (κ2) is 4.12. The Morgan fingerprint density at radius 2 is 2.08 bits per heavy atom. The fourth-order valence-electron chi connectivity index (χ4n) is 6.79. The van der Waals surface area contributed by atoms with E-state index in [1.54, 1.807) is 0 Å². The van der Waals surface area contributed by atoms with Crippen LogP contribution in [0.2, 0.25) is 0 Å². The molecule has 2 bridgehead atoms. The Bertz CT molecular complexity index is 928. The monoisotopic (exact) mass is 335 g/mol. The van der Waals surface area contributed by atoms with Crippen molar-refractivity contribution in [2.45, 2.75) is 56.0 Å². The predicted molar refractivity (Wildman–Crippen MR) is 97.5 cm³/mol. The van der Waals surface area contributed by atoms with Crippen molar-refractivity contribution in [2.24, 2.45) is 5.92 Å². The zero-order valence-corrected chi connectivity index (χ0v) is 15.0. The van der Waals surface area contributed by atoms with E-state index in [0.717, 1.165) is 38.8 Å². The third-order valence-electron chi connectivity index (χ3n) is 7.91. The number of para-hydroxylation sites is 1. The fraction of sp³-hybridized carbons (Fsp3) is 0.571. The predicted octanol–water partition coefficient (Wildman–Crippen LogP) is 2.72. The van der Waals surface area contributed by atoms with Crippen LogP contribution in [0.25, 0.3) is 10.9 Å². The van der Waals surface area contributed by atoms with Crippen molar-refractivity contribution in [3.8, 4) is 0 Å². The first kappa shape index (κ1) is 14.4. The minimum absolute atomic E-state index is 0.0436. The van der Waals surface area contributed by atoms with Gasteiger partial charge in [0, 0.05) is 28.6 Å². The van der Waals surface area contributed by atoms with Crippen LogP contribution in [0.15, 0.2) is 24.3 Å². The third-order valence-corrected chi connectivity index (χ3v) is 7.91. The van der Waals surface area contributed by atoms with Crippen molar-refractivity contribution in [3.05, 3.63) is 35.5 Å². The van der Waals surface area contributed by atoms with Crippen molar-refractivity contribution in [3.63, 3.8) is 0 Å². The number of rotatable bonds is 0. The standard InChI is InChI=1S/C21H25N3O/c1-19(2)16-11-21-8-5-9-24(21)12-20(16,23-18(21)25)10-14-13-6-3-4-7-15(13)22-17(14)19/h3-4,6-7,16,22H,5,8-12H2,1-2H3,(H,23,25)/t16-,20-,21+/m1/s1. The number of aromatic amines is 1. The van der Waals surface area contributed by atoms with Gasteiger partial charge in [0.2, 0.25) is 5.91 Å². The largest absolute Gasteiger partial charge is 0.358 e. The quantitative estimate of drug-likeness (QED) is 0.778. The van der Waals surface area contributed by atoms with E-state index in [2.05, 4.69) is 53.3 Å². The van der Waals surface area contributed by atoms with Gasteiger partial charge in [-0.25, -0.2) is 0 Å². The first-order valence-corrected chi connectivity index (χ1v) is 9.64. The molecule has 0 unspecified atom stereocenters. The molecule has 2 spiro atoms. The van der Waals surface area contributed by atoms with Crippen LogP contribution in [0.1, 0.15) is 44.4 Å². The van der Waals surface area contributed by atoms with Gasteiger partial charge < -0.3 is 10.3 Å². The number of hydrogen-bond donors (Lipinski definition) is 2. The highest BCUT2D eigenvalue weighted by Gasteiger charge is 2.68. The molecule has 5 aliphatic rings.